The highest BCUT2D eigenvalue weighted by molar-refractivity contribution is 5.88. The Morgan fingerprint density at radius 3 is 2.67 bits per heavy atom. The second kappa shape index (κ2) is 5.49. The first-order valence-electron chi connectivity index (χ1n) is 6.02. The smallest absolute Gasteiger partial charge is 0.335 e. The molecule has 0 aromatic heterocycles. The highest BCUT2D eigenvalue weighted by atomic mass is 19.1. The van der Waals surface area contributed by atoms with Gasteiger partial charge >= 0.3 is 5.97 Å². The first-order chi connectivity index (χ1) is 10.1. The molecule has 0 amide bonds. The molecule has 1 heterocycles. The molecule has 1 fully saturated rings. The van der Waals surface area contributed by atoms with Gasteiger partial charge in [-0.3, -0.25) is 0 Å². The van der Waals surface area contributed by atoms with Crippen LogP contribution in [-0.4, -0.2) is 11.1 Å². The number of rotatable bonds is 3. The van der Waals surface area contributed by atoms with E-state index in [1.807, 2.05) is 0 Å². The van der Waals surface area contributed by atoms with Crippen molar-refractivity contribution >= 4 is 11.7 Å². The van der Waals surface area contributed by atoms with Crippen LogP contribution < -0.4 is 5.23 Å². The Labute approximate surface area is 118 Å². The molecular formula is C14H10FNO5. The summed E-state index contributed by atoms with van der Waals surface area (Å²) >= 11 is 0. The van der Waals surface area contributed by atoms with Gasteiger partial charge in [0, 0.05) is 5.56 Å². The molecule has 3 rings (SSSR count). The van der Waals surface area contributed by atoms with Crippen LogP contribution in [0, 0.1) is 5.82 Å². The van der Waals surface area contributed by atoms with E-state index in [0.29, 0.717) is 11.3 Å². The van der Waals surface area contributed by atoms with E-state index in [4.69, 9.17) is 19.8 Å². The molecule has 1 atom stereocenters. The summed E-state index contributed by atoms with van der Waals surface area (Å²) in [4.78, 5) is 26.2. The fraction of sp³-hybridized carbons (Fsp3) is 0.0714. The van der Waals surface area contributed by atoms with Crippen molar-refractivity contribution in [1.82, 2.24) is 0 Å². The largest absolute Gasteiger partial charge is 0.478 e. The standard InChI is InChI=1S/C14H10FNO5/c15-11-6-4-9(5-7-11)14-19-16(21-20-14)12-3-1-2-10(8-12)13(17)18/h1-8,14H,(H,17,18). The number of benzene rings is 2. The van der Waals surface area contributed by atoms with Crippen LogP contribution in [0.1, 0.15) is 22.2 Å². The zero-order chi connectivity index (χ0) is 14.8. The fourth-order valence-corrected chi connectivity index (χ4v) is 1.79. The van der Waals surface area contributed by atoms with Gasteiger partial charge in [0.2, 0.25) is 6.29 Å². The molecule has 1 aliphatic heterocycles. The third-order valence-corrected chi connectivity index (χ3v) is 2.84. The lowest BCUT2D eigenvalue weighted by Crippen LogP contribution is -2.15. The molecule has 0 aliphatic carbocycles. The van der Waals surface area contributed by atoms with Gasteiger partial charge in [-0.1, -0.05) is 28.4 Å². The van der Waals surface area contributed by atoms with Crippen LogP contribution in [-0.2, 0) is 14.7 Å². The monoisotopic (exact) mass is 291 g/mol. The summed E-state index contributed by atoms with van der Waals surface area (Å²) in [6, 6.07) is 11.5. The van der Waals surface area contributed by atoms with Gasteiger partial charge in [-0.25, -0.2) is 14.0 Å². The van der Waals surface area contributed by atoms with Gasteiger partial charge in [0.15, 0.2) is 0 Å². The van der Waals surface area contributed by atoms with E-state index in [9.17, 15) is 9.18 Å². The first-order valence-corrected chi connectivity index (χ1v) is 6.02. The molecule has 1 aliphatic rings. The first kappa shape index (κ1) is 13.5. The zero-order valence-electron chi connectivity index (χ0n) is 10.6. The van der Waals surface area contributed by atoms with E-state index in [0.717, 1.165) is 5.23 Å². The Kier molecular flexibility index (Phi) is 3.53. The fourth-order valence-electron chi connectivity index (χ4n) is 1.79. The Morgan fingerprint density at radius 1 is 1.19 bits per heavy atom. The summed E-state index contributed by atoms with van der Waals surface area (Å²) < 4.78 is 12.9. The molecule has 7 heteroatoms. The van der Waals surface area contributed by atoms with E-state index in [1.165, 1.54) is 36.4 Å². The minimum atomic E-state index is -1.06. The molecule has 1 saturated heterocycles. The Morgan fingerprint density at radius 2 is 1.95 bits per heavy atom. The maximum absolute atomic E-state index is 12.9. The van der Waals surface area contributed by atoms with Crippen LogP contribution >= 0.6 is 0 Å². The average molecular weight is 291 g/mol. The lowest BCUT2D eigenvalue weighted by Gasteiger charge is -2.12. The van der Waals surface area contributed by atoms with Gasteiger partial charge in [-0.2, -0.15) is 4.89 Å². The summed E-state index contributed by atoms with van der Waals surface area (Å²) in [7, 11) is 0. The minimum Gasteiger partial charge on any atom is -0.478 e. The quantitative estimate of drug-likeness (QED) is 0.877. The molecule has 21 heavy (non-hydrogen) atoms. The molecule has 0 radical (unpaired) electrons. The van der Waals surface area contributed by atoms with Gasteiger partial charge in [-0.15, -0.1) is 0 Å². The number of hydrogen-bond acceptors (Lipinski definition) is 5. The van der Waals surface area contributed by atoms with Gasteiger partial charge < -0.3 is 5.11 Å². The summed E-state index contributed by atoms with van der Waals surface area (Å²) in [6.45, 7) is 0. The zero-order valence-corrected chi connectivity index (χ0v) is 10.6. The Balaban J connectivity index is 1.76. The van der Waals surface area contributed by atoms with Crippen LogP contribution in [0.4, 0.5) is 10.1 Å². The average Bonchev–Trinajstić information content (AvgIpc) is 2.98. The minimum absolute atomic E-state index is 0.0879. The topological polar surface area (TPSA) is 68.2 Å². The van der Waals surface area contributed by atoms with Gasteiger partial charge in [0.05, 0.1) is 11.3 Å². The molecule has 0 saturated carbocycles. The number of carboxylic acids is 1. The number of nitrogens with zero attached hydrogens (tertiary/aromatic N) is 1. The van der Waals surface area contributed by atoms with Gasteiger partial charge in [0.1, 0.15) is 5.82 Å². The van der Waals surface area contributed by atoms with Crippen molar-refractivity contribution in [3.05, 3.63) is 65.5 Å². The lowest BCUT2D eigenvalue weighted by atomic mass is 10.2. The second-order valence-corrected chi connectivity index (χ2v) is 4.27. The van der Waals surface area contributed by atoms with E-state index < -0.39 is 12.3 Å². The third kappa shape index (κ3) is 2.84. The van der Waals surface area contributed by atoms with Crippen molar-refractivity contribution in [2.45, 2.75) is 6.29 Å². The number of hydrogen-bond donors (Lipinski definition) is 1. The maximum atomic E-state index is 12.9. The van der Waals surface area contributed by atoms with Crippen LogP contribution in [0.15, 0.2) is 48.5 Å². The lowest BCUT2D eigenvalue weighted by molar-refractivity contribution is -0.286. The Hall–Kier alpha value is -2.48. The van der Waals surface area contributed by atoms with Crippen molar-refractivity contribution in [3.8, 4) is 0 Å². The van der Waals surface area contributed by atoms with E-state index >= 15 is 0 Å². The number of carboxylic acid groups (broad SMARTS) is 1. The van der Waals surface area contributed by atoms with Crippen molar-refractivity contribution in [3.63, 3.8) is 0 Å². The molecule has 2 aromatic carbocycles. The molecule has 1 unspecified atom stereocenters. The molecular weight excluding hydrogens is 281 g/mol. The molecule has 1 N–H and O–H groups in total. The number of aromatic carboxylic acids is 1. The van der Waals surface area contributed by atoms with Crippen LogP contribution in [0.5, 0.6) is 0 Å². The van der Waals surface area contributed by atoms with Crippen molar-refractivity contribution in [1.29, 1.82) is 0 Å². The summed E-state index contributed by atoms with van der Waals surface area (Å²) in [6.07, 6.45) is -0.862. The highest BCUT2D eigenvalue weighted by Gasteiger charge is 2.29. The molecule has 6 nitrogen and oxygen atoms in total. The summed E-state index contributed by atoms with van der Waals surface area (Å²) in [5.74, 6) is -1.43. The number of carbonyl (C=O) groups is 1. The van der Waals surface area contributed by atoms with E-state index in [1.54, 1.807) is 12.1 Å². The maximum Gasteiger partial charge on any atom is 0.335 e. The van der Waals surface area contributed by atoms with Crippen molar-refractivity contribution in [2.75, 3.05) is 5.23 Å². The third-order valence-electron chi connectivity index (χ3n) is 2.84. The molecule has 0 spiro atoms. The van der Waals surface area contributed by atoms with Crippen LogP contribution in [0.25, 0.3) is 0 Å². The van der Waals surface area contributed by atoms with Gasteiger partial charge in [-0.05, 0) is 30.3 Å². The SMILES string of the molecule is O=C(O)c1cccc(N2OOC(c3ccc(F)cc3)O2)c1. The summed E-state index contributed by atoms with van der Waals surface area (Å²) in [5.41, 5.74) is 1.01. The number of halogens is 1. The molecule has 108 valence electrons. The summed E-state index contributed by atoms with van der Waals surface area (Å²) in [5, 5.41) is 9.90. The Bertz CT molecular complexity index is 661. The van der Waals surface area contributed by atoms with E-state index in [-0.39, 0.29) is 11.4 Å². The highest BCUT2D eigenvalue weighted by Crippen LogP contribution is 2.31. The number of anilines is 1. The second-order valence-electron chi connectivity index (χ2n) is 4.27. The predicted octanol–water partition coefficient (Wildman–Crippen LogP) is 2.84. The van der Waals surface area contributed by atoms with Gasteiger partial charge in [0.25, 0.3) is 0 Å². The molecule has 2 aromatic rings. The molecule has 0 bridgehead atoms. The normalized spacial score (nSPS) is 18.0. The van der Waals surface area contributed by atoms with Crippen LogP contribution in [0.2, 0.25) is 0 Å². The van der Waals surface area contributed by atoms with E-state index in [2.05, 4.69) is 0 Å². The predicted molar refractivity (Wildman–Crippen MR) is 68.3 cm³/mol. The van der Waals surface area contributed by atoms with Crippen molar-refractivity contribution < 1.29 is 29.0 Å². The van der Waals surface area contributed by atoms with Crippen LogP contribution in [0.3, 0.4) is 0 Å². The van der Waals surface area contributed by atoms with Crippen molar-refractivity contribution in [2.24, 2.45) is 0 Å².